The van der Waals surface area contributed by atoms with Gasteiger partial charge in [0.05, 0.1) is 12.8 Å². The Kier molecular flexibility index (Phi) is 3.35. The van der Waals surface area contributed by atoms with E-state index in [2.05, 4.69) is 22.0 Å². The van der Waals surface area contributed by atoms with Gasteiger partial charge in [0, 0.05) is 12.6 Å². The van der Waals surface area contributed by atoms with Crippen molar-refractivity contribution < 1.29 is 8.94 Å². The zero-order chi connectivity index (χ0) is 13.2. The van der Waals surface area contributed by atoms with Crippen LogP contribution in [-0.2, 0) is 6.54 Å². The minimum Gasteiger partial charge on any atom is -0.461 e. The predicted molar refractivity (Wildman–Crippen MR) is 69.0 cm³/mol. The number of nitrogens with zero attached hydrogens (tertiary/aromatic N) is 3. The summed E-state index contributed by atoms with van der Waals surface area (Å²) in [7, 11) is 0. The van der Waals surface area contributed by atoms with Crippen molar-refractivity contribution in [3.8, 4) is 11.6 Å². The lowest BCUT2D eigenvalue weighted by molar-refractivity contribution is 0.256. The SMILES string of the molecule is CC(N)C1CCN(Cc2nc(-c3ccco3)no2)C1. The molecule has 2 atom stereocenters. The monoisotopic (exact) mass is 262 g/mol. The molecule has 0 saturated carbocycles. The fourth-order valence-electron chi connectivity index (χ4n) is 2.45. The molecule has 0 spiro atoms. The molecule has 2 N–H and O–H groups in total. The quantitative estimate of drug-likeness (QED) is 0.899. The van der Waals surface area contributed by atoms with Gasteiger partial charge in [-0.3, -0.25) is 4.90 Å². The number of likely N-dealkylation sites (tertiary alicyclic amines) is 1. The van der Waals surface area contributed by atoms with Crippen molar-refractivity contribution in [2.45, 2.75) is 25.9 Å². The number of nitrogens with two attached hydrogens (primary N) is 1. The molecule has 0 amide bonds. The third-order valence-corrected chi connectivity index (χ3v) is 3.62. The lowest BCUT2D eigenvalue weighted by Crippen LogP contribution is -2.29. The van der Waals surface area contributed by atoms with E-state index >= 15 is 0 Å². The zero-order valence-corrected chi connectivity index (χ0v) is 11.0. The van der Waals surface area contributed by atoms with Crippen LogP contribution in [0.15, 0.2) is 27.3 Å². The molecule has 0 aromatic carbocycles. The van der Waals surface area contributed by atoms with E-state index in [0.29, 0.717) is 29.9 Å². The van der Waals surface area contributed by atoms with E-state index in [0.717, 1.165) is 19.5 Å². The van der Waals surface area contributed by atoms with E-state index in [1.165, 1.54) is 0 Å². The van der Waals surface area contributed by atoms with E-state index in [1.54, 1.807) is 12.3 Å². The molecule has 3 heterocycles. The summed E-state index contributed by atoms with van der Waals surface area (Å²) < 4.78 is 10.5. The molecular formula is C13H18N4O2. The second-order valence-corrected chi connectivity index (χ2v) is 5.13. The van der Waals surface area contributed by atoms with Crippen molar-refractivity contribution in [2.75, 3.05) is 13.1 Å². The topological polar surface area (TPSA) is 81.3 Å². The summed E-state index contributed by atoms with van der Waals surface area (Å²) >= 11 is 0. The Bertz CT molecular complexity index is 520. The molecule has 1 fully saturated rings. The molecule has 0 bridgehead atoms. The third-order valence-electron chi connectivity index (χ3n) is 3.62. The number of rotatable bonds is 4. The smallest absolute Gasteiger partial charge is 0.241 e. The van der Waals surface area contributed by atoms with Gasteiger partial charge in [-0.25, -0.2) is 0 Å². The summed E-state index contributed by atoms with van der Waals surface area (Å²) in [6.07, 6.45) is 2.73. The van der Waals surface area contributed by atoms with Crippen molar-refractivity contribution in [1.82, 2.24) is 15.0 Å². The second-order valence-electron chi connectivity index (χ2n) is 5.13. The highest BCUT2D eigenvalue weighted by Crippen LogP contribution is 2.21. The number of furan rings is 1. The maximum absolute atomic E-state index is 5.93. The van der Waals surface area contributed by atoms with E-state index < -0.39 is 0 Å². The Labute approximate surface area is 111 Å². The van der Waals surface area contributed by atoms with Gasteiger partial charge in [-0.1, -0.05) is 5.16 Å². The molecule has 0 aliphatic carbocycles. The first-order chi connectivity index (χ1) is 9.22. The standard InChI is InChI=1S/C13H18N4O2/c1-9(14)10-4-5-17(7-10)8-12-15-13(16-19-12)11-3-2-6-18-11/h2-3,6,9-10H,4-5,7-8,14H2,1H3. The maximum Gasteiger partial charge on any atom is 0.241 e. The Morgan fingerprint density at radius 2 is 2.47 bits per heavy atom. The summed E-state index contributed by atoms with van der Waals surface area (Å²) in [5.74, 6) is 2.32. The van der Waals surface area contributed by atoms with Crippen LogP contribution in [0.3, 0.4) is 0 Å². The van der Waals surface area contributed by atoms with Crippen LogP contribution >= 0.6 is 0 Å². The Balaban J connectivity index is 1.62. The molecule has 1 saturated heterocycles. The summed E-state index contributed by atoms with van der Waals surface area (Å²) in [6, 6.07) is 3.86. The van der Waals surface area contributed by atoms with Gasteiger partial charge >= 0.3 is 0 Å². The predicted octanol–water partition coefficient (Wildman–Crippen LogP) is 1.50. The van der Waals surface area contributed by atoms with Gasteiger partial charge in [-0.05, 0) is 37.9 Å². The van der Waals surface area contributed by atoms with Crippen molar-refractivity contribution >= 4 is 0 Å². The number of hydrogen-bond donors (Lipinski definition) is 1. The van der Waals surface area contributed by atoms with Gasteiger partial charge in [0.2, 0.25) is 11.7 Å². The average molecular weight is 262 g/mol. The average Bonchev–Trinajstić information content (AvgIpc) is 3.09. The van der Waals surface area contributed by atoms with Crippen LogP contribution in [0.5, 0.6) is 0 Å². The molecule has 6 heteroatoms. The second kappa shape index (κ2) is 5.14. The summed E-state index contributed by atoms with van der Waals surface area (Å²) in [4.78, 5) is 6.64. The fraction of sp³-hybridized carbons (Fsp3) is 0.538. The molecule has 6 nitrogen and oxygen atoms in total. The van der Waals surface area contributed by atoms with Gasteiger partial charge in [0.15, 0.2) is 5.76 Å². The summed E-state index contributed by atoms with van der Waals surface area (Å²) in [5.41, 5.74) is 5.93. The fourth-order valence-corrected chi connectivity index (χ4v) is 2.45. The molecule has 2 aromatic rings. The largest absolute Gasteiger partial charge is 0.461 e. The molecule has 1 aliphatic heterocycles. The van der Waals surface area contributed by atoms with Crippen LogP contribution in [-0.4, -0.2) is 34.2 Å². The highest BCUT2D eigenvalue weighted by molar-refractivity contribution is 5.44. The Morgan fingerprint density at radius 1 is 1.58 bits per heavy atom. The van der Waals surface area contributed by atoms with Crippen LogP contribution < -0.4 is 5.73 Å². The normalized spacial score (nSPS) is 21.9. The zero-order valence-electron chi connectivity index (χ0n) is 11.0. The minimum atomic E-state index is 0.242. The van der Waals surface area contributed by atoms with Crippen molar-refractivity contribution in [3.05, 3.63) is 24.3 Å². The molecule has 1 aliphatic rings. The minimum absolute atomic E-state index is 0.242. The van der Waals surface area contributed by atoms with Gasteiger partial charge in [0.25, 0.3) is 0 Å². The summed E-state index contributed by atoms with van der Waals surface area (Å²) in [5, 5.41) is 3.92. The lowest BCUT2D eigenvalue weighted by atomic mass is 10.0. The first-order valence-electron chi connectivity index (χ1n) is 6.57. The molecule has 3 rings (SSSR count). The van der Waals surface area contributed by atoms with Gasteiger partial charge in [0.1, 0.15) is 0 Å². The van der Waals surface area contributed by atoms with E-state index in [9.17, 15) is 0 Å². The van der Waals surface area contributed by atoms with Gasteiger partial charge in [-0.2, -0.15) is 4.98 Å². The number of hydrogen-bond acceptors (Lipinski definition) is 6. The maximum atomic E-state index is 5.93. The first-order valence-corrected chi connectivity index (χ1v) is 6.57. The van der Waals surface area contributed by atoms with E-state index in [-0.39, 0.29) is 6.04 Å². The van der Waals surface area contributed by atoms with Crippen LogP contribution in [0.4, 0.5) is 0 Å². The molecular weight excluding hydrogens is 244 g/mol. The lowest BCUT2D eigenvalue weighted by Gasteiger charge is -2.15. The van der Waals surface area contributed by atoms with Gasteiger partial charge in [-0.15, -0.1) is 0 Å². The van der Waals surface area contributed by atoms with Crippen molar-refractivity contribution in [3.63, 3.8) is 0 Å². The molecule has 19 heavy (non-hydrogen) atoms. The third kappa shape index (κ3) is 2.69. The molecule has 0 radical (unpaired) electrons. The van der Waals surface area contributed by atoms with Crippen LogP contribution in [0.2, 0.25) is 0 Å². The van der Waals surface area contributed by atoms with E-state index in [4.69, 9.17) is 14.7 Å². The molecule has 2 unspecified atom stereocenters. The number of aromatic nitrogens is 2. The highest BCUT2D eigenvalue weighted by Gasteiger charge is 2.26. The Hall–Kier alpha value is -1.66. The molecule has 2 aromatic heterocycles. The van der Waals surface area contributed by atoms with Crippen LogP contribution in [0.1, 0.15) is 19.2 Å². The van der Waals surface area contributed by atoms with Crippen molar-refractivity contribution in [1.29, 1.82) is 0 Å². The Morgan fingerprint density at radius 3 is 3.16 bits per heavy atom. The van der Waals surface area contributed by atoms with Crippen molar-refractivity contribution in [2.24, 2.45) is 11.7 Å². The molecule has 102 valence electrons. The highest BCUT2D eigenvalue weighted by atomic mass is 16.5. The van der Waals surface area contributed by atoms with Crippen LogP contribution in [0, 0.1) is 5.92 Å². The van der Waals surface area contributed by atoms with E-state index in [1.807, 2.05) is 6.07 Å². The van der Waals surface area contributed by atoms with Gasteiger partial charge < -0.3 is 14.7 Å². The van der Waals surface area contributed by atoms with Crippen LogP contribution in [0.25, 0.3) is 11.6 Å². The first kappa shape index (κ1) is 12.4. The summed E-state index contributed by atoms with van der Waals surface area (Å²) in [6.45, 7) is 4.77.